The highest BCUT2D eigenvalue weighted by Gasteiger charge is 2.23. The van der Waals surface area contributed by atoms with Crippen LogP contribution in [-0.4, -0.2) is 39.8 Å². The Morgan fingerprint density at radius 3 is 2.83 bits per heavy atom. The lowest BCUT2D eigenvalue weighted by Gasteiger charge is -2.27. The largest absolute Gasteiger partial charge is 0.367 e. The van der Waals surface area contributed by atoms with Gasteiger partial charge in [0.25, 0.3) is 5.91 Å². The van der Waals surface area contributed by atoms with Crippen LogP contribution >= 0.6 is 0 Å². The number of amides is 2. The molecule has 0 unspecified atom stereocenters. The average Bonchev–Trinajstić information content (AvgIpc) is 2.61. The van der Waals surface area contributed by atoms with Crippen LogP contribution in [0.2, 0.25) is 0 Å². The highest BCUT2D eigenvalue weighted by atomic mass is 16.5. The molecule has 2 heterocycles. The van der Waals surface area contributed by atoms with Gasteiger partial charge in [-0.05, 0) is 12.0 Å². The van der Waals surface area contributed by atoms with Crippen molar-refractivity contribution in [2.75, 3.05) is 13.2 Å². The predicted octanol–water partition coefficient (Wildman–Crippen LogP) is 0.477. The van der Waals surface area contributed by atoms with E-state index < -0.39 is 5.91 Å². The quantitative estimate of drug-likeness (QED) is 0.862. The Balaban J connectivity index is 1.57. The second kappa shape index (κ2) is 7.18. The molecule has 0 fully saturated rings. The van der Waals surface area contributed by atoms with E-state index in [-0.39, 0.29) is 18.3 Å². The van der Waals surface area contributed by atoms with Crippen molar-refractivity contribution in [3.05, 3.63) is 59.2 Å². The van der Waals surface area contributed by atoms with Gasteiger partial charge in [0.2, 0.25) is 11.7 Å². The first-order valence-corrected chi connectivity index (χ1v) is 7.60. The molecule has 1 aliphatic rings. The van der Waals surface area contributed by atoms with Crippen molar-refractivity contribution in [2.24, 2.45) is 5.73 Å². The number of fused-ring (bicyclic) bond motifs is 1. The number of nitrogens with zero attached hydrogens (tertiary/aromatic N) is 3. The summed E-state index contributed by atoms with van der Waals surface area (Å²) in [4.78, 5) is 33.0. The molecule has 24 heavy (non-hydrogen) atoms. The standard InChI is InChI=1S/C17H17N4O3/c18-16(23)17-19-8-13-6-7-21(9-14(13)20-17)15(22)11-24-10-12-4-2-1-3-5-12/h1-5H,6-7,9-11H2,(H2,18,23). The van der Waals surface area contributed by atoms with Gasteiger partial charge in [0.15, 0.2) is 0 Å². The van der Waals surface area contributed by atoms with Crippen molar-refractivity contribution in [1.82, 2.24) is 14.9 Å². The van der Waals surface area contributed by atoms with E-state index >= 15 is 0 Å². The fourth-order valence-corrected chi connectivity index (χ4v) is 2.49. The molecular formula is C17H17N4O3. The Morgan fingerprint density at radius 1 is 1.29 bits per heavy atom. The van der Waals surface area contributed by atoms with Gasteiger partial charge in [-0.2, -0.15) is 0 Å². The number of hydrogen-bond acceptors (Lipinski definition) is 5. The van der Waals surface area contributed by atoms with Crippen LogP contribution in [0.1, 0.15) is 27.4 Å². The molecule has 1 radical (unpaired) electrons. The summed E-state index contributed by atoms with van der Waals surface area (Å²) in [5.74, 6) is -0.900. The van der Waals surface area contributed by atoms with Crippen molar-refractivity contribution in [3.8, 4) is 0 Å². The zero-order valence-electron chi connectivity index (χ0n) is 13.1. The molecule has 0 spiro atoms. The Labute approximate surface area is 139 Å². The van der Waals surface area contributed by atoms with Gasteiger partial charge >= 0.3 is 0 Å². The minimum absolute atomic E-state index is 0.00169. The number of carbonyl (C=O) groups is 2. The maximum Gasteiger partial charge on any atom is 0.286 e. The van der Waals surface area contributed by atoms with Gasteiger partial charge in [-0.1, -0.05) is 30.3 Å². The summed E-state index contributed by atoms with van der Waals surface area (Å²) in [6, 6.07) is 9.67. The first-order chi connectivity index (χ1) is 11.6. The van der Waals surface area contributed by atoms with E-state index in [0.29, 0.717) is 31.8 Å². The minimum Gasteiger partial charge on any atom is -0.367 e. The van der Waals surface area contributed by atoms with Gasteiger partial charge in [-0.3, -0.25) is 9.59 Å². The lowest BCUT2D eigenvalue weighted by Crippen LogP contribution is -2.39. The summed E-state index contributed by atoms with van der Waals surface area (Å²) in [7, 11) is 0. The third kappa shape index (κ3) is 3.75. The summed E-state index contributed by atoms with van der Waals surface area (Å²) < 4.78 is 5.48. The van der Waals surface area contributed by atoms with Crippen molar-refractivity contribution in [2.45, 2.75) is 19.6 Å². The second-order valence-corrected chi connectivity index (χ2v) is 5.49. The van der Waals surface area contributed by atoms with Crippen LogP contribution in [0.25, 0.3) is 0 Å². The smallest absolute Gasteiger partial charge is 0.286 e. The maximum atomic E-state index is 12.3. The van der Waals surface area contributed by atoms with Gasteiger partial charge < -0.3 is 15.4 Å². The van der Waals surface area contributed by atoms with Crippen LogP contribution in [-0.2, 0) is 29.1 Å². The topological polar surface area (TPSA) is 98.4 Å². The second-order valence-electron chi connectivity index (χ2n) is 5.49. The number of carbonyl (C=O) groups excluding carboxylic acids is 2. The minimum atomic E-state index is -0.705. The fraction of sp³-hybridized carbons (Fsp3) is 0.294. The van der Waals surface area contributed by atoms with E-state index in [9.17, 15) is 9.59 Å². The summed E-state index contributed by atoms with van der Waals surface area (Å²) in [6.45, 7) is 1.25. The number of nitrogens with two attached hydrogens (primary N) is 1. The molecule has 7 nitrogen and oxygen atoms in total. The van der Waals surface area contributed by atoms with Crippen LogP contribution in [0.3, 0.4) is 0 Å². The third-order valence-electron chi connectivity index (χ3n) is 3.77. The highest BCUT2D eigenvalue weighted by Crippen LogP contribution is 2.16. The normalized spacial score (nSPS) is 13.4. The summed E-state index contributed by atoms with van der Waals surface area (Å²) in [5, 5.41) is 0. The molecule has 2 N–H and O–H groups in total. The molecule has 1 aromatic carbocycles. The van der Waals surface area contributed by atoms with E-state index in [2.05, 4.69) is 16.2 Å². The Hall–Kier alpha value is -2.80. The van der Waals surface area contributed by atoms with Crippen LogP contribution in [0.15, 0.2) is 30.3 Å². The summed E-state index contributed by atoms with van der Waals surface area (Å²) in [5.41, 5.74) is 7.62. The van der Waals surface area contributed by atoms with Crippen molar-refractivity contribution >= 4 is 11.8 Å². The van der Waals surface area contributed by atoms with Crippen LogP contribution < -0.4 is 5.73 Å². The molecule has 7 heteroatoms. The number of primary amides is 1. The molecule has 0 bridgehead atoms. The SMILES string of the molecule is NC(=O)c1n[c]c2c(n1)CN(C(=O)COCc1ccccc1)CC2. The predicted molar refractivity (Wildman–Crippen MR) is 84.6 cm³/mol. The molecule has 0 saturated heterocycles. The average molecular weight is 325 g/mol. The Morgan fingerprint density at radius 2 is 2.08 bits per heavy atom. The third-order valence-corrected chi connectivity index (χ3v) is 3.77. The van der Waals surface area contributed by atoms with Crippen molar-refractivity contribution < 1.29 is 14.3 Å². The molecule has 0 aliphatic carbocycles. The lowest BCUT2D eigenvalue weighted by atomic mass is 10.1. The fourth-order valence-electron chi connectivity index (χ4n) is 2.49. The monoisotopic (exact) mass is 325 g/mol. The summed E-state index contributed by atoms with van der Waals surface area (Å²) in [6.07, 6.45) is 3.38. The molecule has 2 amide bonds. The van der Waals surface area contributed by atoms with Gasteiger partial charge in [-0.15, -0.1) is 0 Å². The van der Waals surface area contributed by atoms with Gasteiger partial charge in [0.05, 0.1) is 25.0 Å². The first-order valence-electron chi connectivity index (χ1n) is 7.60. The lowest BCUT2D eigenvalue weighted by molar-refractivity contribution is -0.137. The van der Waals surface area contributed by atoms with Gasteiger partial charge in [-0.25, -0.2) is 9.97 Å². The molecule has 1 aromatic heterocycles. The van der Waals surface area contributed by atoms with E-state index in [1.54, 1.807) is 4.90 Å². The molecule has 2 aromatic rings. The van der Waals surface area contributed by atoms with Crippen LogP contribution in [0.4, 0.5) is 0 Å². The van der Waals surface area contributed by atoms with Gasteiger partial charge in [0.1, 0.15) is 6.61 Å². The van der Waals surface area contributed by atoms with E-state index in [4.69, 9.17) is 10.5 Å². The maximum absolute atomic E-state index is 12.3. The number of hydrogen-bond donors (Lipinski definition) is 1. The van der Waals surface area contributed by atoms with Gasteiger partial charge in [0, 0.05) is 12.1 Å². The molecule has 0 atom stereocenters. The first kappa shape index (κ1) is 16.1. The van der Waals surface area contributed by atoms with E-state index in [1.807, 2.05) is 30.3 Å². The Kier molecular flexibility index (Phi) is 4.81. The molecule has 1 aliphatic heterocycles. The molecule has 123 valence electrons. The van der Waals surface area contributed by atoms with E-state index in [1.165, 1.54) is 0 Å². The Bertz CT molecular complexity index is 749. The number of benzene rings is 1. The molecular weight excluding hydrogens is 308 g/mol. The van der Waals surface area contributed by atoms with Crippen molar-refractivity contribution in [3.63, 3.8) is 0 Å². The number of aromatic nitrogens is 2. The van der Waals surface area contributed by atoms with Crippen molar-refractivity contribution in [1.29, 1.82) is 0 Å². The summed E-state index contributed by atoms with van der Waals surface area (Å²) >= 11 is 0. The number of rotatable bonds is 5. The zero-order valence-corrected chi connectivity index (χ0v) is 13.1. The zero-order chi connectivity index (χ0) is 16.9. The van der Waals surface area contributed by atoms with E-state index in [0.717, 1.165) is 11.1 Å². The number of ether oxygens (including phenoxy) is 1. The molecule has 0 saturated carbocycles. The van der Waals surface area contributed by atoms with Crippen LogP contribution in [0.5, 0.6) is 0 Å². The molecule has 3 rings (SSSR count). The highest BCUT2D eigenvalue weighted by molar-refractivity contribution is 5.88. The van der Waals surface area contributed by atoms with Crippen LogP contribution in [0, 0.1) is 6.20 Å².